The Kier molecular flexibility index (Phi) is 6.00. The Morgan fingerprint density at radius 3 is 2.81 bits per heavy atom. The lowest BCUT2D eigenvalue weighted by molar-refractivity contribution is 0.140. The Labute approximate surface area is 162 Å². The van der Waals surface area contributed by atoms with Crippen LogP contribution in [0.15, 0.2) is 36.7 Å². The maximum Gasteiger partial charge on any atom is 0.135 e. The molecule has 0 spiro atoms. The van der Waals surface area contributed by atoms with E-state index >= 15 is 0 Å². The molecule has 0 amide bonds. The van der Waals surface area contributed by atoms with Gasteiger partial charge in [0.1, 0.15) is 12.1 Å². The molecule has 0 unspecified atom stereocenters. The van der Waals surface area contributed by atoms with Crippen molar-refractivity contribution in [2.75, 3.05) is 37.7 Å². The number of piperazine rings is 1. The fourth-order valence-corrected chi connectivity index (χ4v) is 4.55. The average molecular weight is 367 g/mol. The van der Waals surface area contributed by atoms with E-state index < -0.39 is 0 Å². The number of anilines is 1. The Morgan fingerprint density at radius 2 is 1.96 bits per heavy atom. The number of hydrogen-bond acceptors (Lipinski definition) is 5. The van der Waals surface area contributed by atoms with Crippen LogP contribution in [0.2, 0.25) is 0 Å². The van der Waals surface area contributed by atoms with Gasteiger partial charge in [-0.25, -0.2) is 9.97 Å². The predicted octanol–water partition coefficient (Wildman–Crippen LogP) is 2.47. The van der Waals surface area contributed by atoms with Gasteiger partial charge >= 0.3 is 0 Å². The largest absolute Gasteiger partial charge is 0.396 e. The summed E-state index contributed by atoms with van der Waals surface area (Å²) in [5, 5.41) is 9.58. The zero-order valence-electron chi connectivity index (χ0n) is 16.1. The van der Waals surface area contributed by atoms with Crippen molar-refractivity contribution in [1.29, 1.82) is 0 Å². The first-order valence-electron chi connectivity index (χ1n) is 10.3. The van der Waals surface area contributed by atoms with Crippen LogP contribution < -0.4 is 4.90 Å². The molecule has 5 nitrogen and oxygen atoms in total. The second-order valence-corrected chi connectivity index (χ2v) is 7.71. The highest BCUT2D eigenvalue weighted by Crippen LogP contribution is 2.29. The average Bonchev–Trinajstić information content (AvgIpc) is 3.19. The molecule has 2 aromatic rings. The second kappa shape index (κ2) is 8.81. The summed E-state index contributed by atoms with van der Waals surface area (Å²) in [4.78, 5) is 14.1. The first-order chi connectivity index (χ1) is 13.3. The summed E-state index contributed by atoms with van der Waals surface area (Å²) in [6, 6.07) is 11.1. The van der Waals surface area contributed by atoms with E-state index in [4.69, 9.17) is 0 Å². The molecule has 0 saturated carbocycles. The van der Waals surface area contributed by atoms with Gasteiger partial charge in [-0.1, -0.05) is 30.3 Å². The second-order valence-electron chi connectivity index (χ2n) is 7.71. The molecule has 0 radical (unpaired) electrons. The summed E-state index contributed by atoms with van der Waals surface area (Å²) in [6.07, 6.45) is 8.22. The van der Waals surface area contributed by atoms with Crippen molar-refractivity contribution < 1.29 is 5.11 Å². The number of fused-ring (bicyclic) bond motifs is 1. The Balaban J connectivity index is 1.38. The van der Waals surface area contributed by atoms with Crippen molar-refractivity contribution in [3.8, 4) is 0 Å². The minimum atomic E-state index is 0.246. The number of aromatic nitrogens is 2. The van der Waals surface area contributed by atoms with Crippen LogP contribution in [0.5, 0.6) is 0 Å². The first kappa shape index (κ1) is 18.4. The van der Waals surface area contributed by atoms with E-state index in [1.807, 2.05) is 0 Å². The van der Waals surface area contributed by atoms with Gasteiger partial charge in [0, 0.05) is 43.5 Å². The van der Waals surface area contributed by atoms with Crippen molar-refractivity contribution >= 4 is 5.82 Å². The van der Waals surface area contributed by atoms with E-state index in [2.05, 4.69) is 50.1 Å². The number of benzene rings is 1. The molecule has 1 fully saturated rings. The number of aliphatic hydroxyl groups excluding tert-OH is 1. The molecule has 1 saturated heterocycles. The summed E-state index contributed by atoms with van der Waals surface area (Å²) < 4.78 is 0. The molecule has 4 rings (SSSR count). The fourth-order valence-electron chi connectivity index (χ4n) is 4.55. The lowest BCUT2D eigenvalue weighted by Crippen LogP contribution is -2.54. The normalized spacial score (nSPS) is 20.0. The van der Waals surface area contributed by atoms with Gasteiger partial charge in [-0.2, -0.15) is 0 Å². The highest BCUT2D eigenvalue weighted by Gasteiger charge is 2.29. The number of rotatable bonds is 7. The van der Waals surface area contributed by atoms with Gasteiger partial charge in [-0.15, -0.1) is 0 Å². The summed E-state index contributed by atoms with van der Waals surface area (Å²) in [5.41, 5.74) is 4.01. The molecule has 1 aliphatic carbocycles. The van der Waals surface area contributed by atoms with Crippen LogP contribution in [0.1, 0.15) is 36.1 Å². The molecule has 1 aliphatic heterocycles. The standard InChI is InChI=1S/C22H30N4O/c27-15-11-19-16-26(22-20-9-4-10-21(20)23-17-24-22)14-13-25(19)12-5-8-18-6-2-1-3-7-18/h1-3,6-7,17,19,27H,4-5,8-16H2/t19-/m1/s1. The van der Waals surface area contributed by atoms with E-state index in [1.165, 1.54) is 23.2 Å². The summed E-state index contributed by atoms with van der Waals surface area (Å²) in [7, 11) is 0. The van der Waals surface area contributed by atoms with Gasteiger partial charge < -0.3 is 10.0 Å². The van der Waals surface area contributed by atoms with Crippen molar-refractivity contribution in [2.24, 2.45) is 0 Å². The van der Waals surface area contributed by atoms with Gasteiger partial charge in [0.05, 0.1) is 0 Å². The summed E-state index contributed by atoms with van der Waals surface area (Å²) in [6.45, 7) is 4.34. The SMILES string of the molecule is OCC[C@@H]1CN(c2ncnc3c2CCC3)CCN1CCCc1ccccc1. The summed E-state index contributed by atoms with van der Waals surface area (Å²) >= 11 is 0. The van der Waals surface area contributed by atoms with Crippen LogP contribution >= 0.6 is 0 Å². The number of aryl methyl sites for hydroxylation is 2. The monoisotopic (exact) mass is 366 g/mol. The maximum absolute atomic E-state index is 9.58. The van der Waals surface area contributed by atoms with Gasteiger partial charge in [0.15, 0.2) is 0 Å². The molecule has 144 valence electrons. The van der Waals surface area contributed by atoms with E-state index in [0.29, 0.717) is 6.04 Å². The van der Waals surface area contributed by atoms with E-state index in [-0.39, 0.29) is 6.61 Å². The van der Waals surface area contributed by atoms with Crippen LogP contribution in [0.25, 0.3) is 0 Å². The quantitative estimate of drug-likeness (QED) is 0.816. The van der Waals surface area contributed by atoms with Crippen molar-refractivity contribution in [1.82, 2.24) is 14.9 Å². The molecular weight excluding hydrogens is 336 g/mol. The minimum Gasteiger partial charge on any atom is -0.396 e. The van der Waals surface area contributed by atoms with E-state index in [1.54, 1.807) is 6.33 Å². The third kappa shape index (κ3) is 4.30. The van der Waals surface area contributed by atoms with Crippen molar-refractivity contribution in [3.63, 3.8) is 0 Å². The van der Waals surface area contributed by atoms with E-state index in [0.717, 1.165) is 64.1 Å². The maximum atomic E-state index is 9.58. The summed E-state index contributed by atoms with van der Waals surface area (Å²) in [5.74, 6) is 1.14. The van der Waals surface area contributed by atoms with Crippen LogP contribution in [0.4, 0.5) is 5.82 Å². The van der Waals surface area contributed by atoms with E-state index in [9.17, 15) is 5.11 Å². The zero-order valence-corrected chi connectivity index (χ0v) is 16.1. The molecule has 2 aliphatic rings. The van der Waals surface area contributed by atoms with Crippen LogP contribution in [-0.4, -0.2) is 58.8 Å². The lowest BCUT2D eigenvalue weighted by atomic mass is 10.1. The third-order valence-corrected chi connectivity index (χ3v) is 5.97. The van der Waals surface area contributed by atoms with Gasteiger partial charge in [0.25, 0.3) is 0 Å². The number of nitrogens with zero attached hydrogens (tertiary/aromatic N) is 4. The molecule has 0 bridgehead atoms. The van der Waals surface area contributed by atoms with Gasteiger partial charge in [-0.3, -0.25) is 4.90 Å². The molecule has 2 heterocycles. The lowest BCUT2D eigenvalue weighted by Gasteiger charge is -2.42. The molecule has 1 N–H and O–H groups in total. The topological polar surface area (TPSA) is 52.5 Å². The molecule has 1 atom stereocenters. The van der Waals surface area contributed by atoms with Crippen LogP contribution in [0.3, 0.4) is 0 Å². The first-order valence-corrected chi connectivity index (χ1v) is 10.3. The smallest absolute Gasteiger partial charge is 0.135 e. The Hall–Kier alpha value is -1.98. The van der Waals surface area contributed by atoms with Gasteiger partial charge in [-0.05, 0) is 50.6 Å². The zero-order chi connectivity index (χ0) is 18.5. The Bertz CT molecular complexity index is 736. The highest BCUT2D eigenvalue weighted by molar-refractivity contribution is 5.51. The molecule has 1 aromatic carbocycles. The van der Waals surface area contributed by atoms with Crippen LogP contribution in [-0.2, 0) is 19.3 Å². The molecular formula is C22H30N4O. The predicted molar refractivity (Wildman–Crippen MR) is 108 cm³/mol. The molecule has 1 aromatic heterocycles. The highest BCUT2D eigenvalue weighted by atomic mass is 16.3. The van der Waals surface area contributed by atoms with Crippen molar-refractivity contribution in [2.45, 2.75) is 44.6 Å². The molecule has 27 heavy (non-hydrogen) atoms. The number of hydrogen-bond donors (Lipinski definition) is 1. The van der Waals surface area contributed by atoms with Gasteiger partial charge in [0.2, 0.25) is 0 Å². The molecule has 5 heteroatoms. The van der Waals surface area contributed by atoms with Crippen molar-refractivity contribution in [3.05, 3.63) is 53.5 Å². The third-order valence-electron chi connectivity index (χ3n) is 5.97. The van der Waals surface area contributed by atoms with Crippen LogP contribution in [0, 0.1) is 0 Å². The fraction of sp³-hybridized carbons (Fsp3) is 0.545. The minimum absolute atomic E-state index is 0.246. The Morgan fingerprint density at radius 1 is 1.07 bits per heavy atom. The number of aliphatic hydroxyl groups is 1.